The molecule has 0 bridgehead atoms. The summed E-state index contributed by atoms with van der Waals surface area (Å²) in [5, 5.41) is 9.66. The van der Waals surface area contributed by atoms with Gasteiger partial charge in [-0.05, 0) is 39.1 Å². The summed E-state index contributed by atoms with van der Waals surface area (Å²) in [6.07, 6.45) is 1.63. The second-order valence-electron chi connectivity index (χ2n) is 5.25. The molecule has 1 fully saturated rings. The normalized spacial score (nSPS) is 19.8. The minimum Gasteiger partial charge on any atom is -0.391 e. The first-order chi connectivity index (χ1) is 8.60. The number of anilines is 1. The number of hydrogen-bond donors (Lipinski definition) is 1. The lowest BCUT2D eigenvalue weighted by Gasteiger charge is -2.23. The molecule has 100 valence electrons. The van der Waals surface area contributed by atoms with Crippen molar-refractivity contribution in [3.8, 4) is 0 Å². The molecule has 0 radical (unpaired) electrons. The molecule has 4 heteroatoms. The molecule has 1 aromatic rings. The lowest BCUT2D eigenvalue weighted by atomic mass is 10.2. The van der Waals surface area contributed by atoms with Crippen LogP contribution in [0.15, 0.2) is 12.1 Å². The van der Waals surface area contributed by atoms with E-state index in [2.05, 4.69) is 43.0 Å². The molecule has 1 atom stereocenters. The van der Waals surface area contributed by atoms with Crippen molar-refractivity contribution < 1.29 is 5.11 Å². The van der Waals surface area contributed by atoms with Crippen LogP contribution in [0, 0.1) is 0 Å². The van der Waals surface area contributed by atoms with Crippen LogP contribution in [-0.4, -0.2) is 48.3 Å². The van der Waals surface area contributed by atoms with E-state index in [-0.39, 0.29) is 6.10 Å². The quantitative estimate of drug-likeness (QED) is 0.872. The fourth-order valence-corrected chi connectivity index (χ4v) is 2.40. The Morgan fingerprint density at radius 1 is 1.44 bits per heavy atom. The molecule has 1 N–H and O–H groups in total. The number of aromatic nitrogens is 1. The van der Waals surface area contributed by atoms with Gasteiger partial charge >= 0.3 is 0 Å². The second kappa shape index (κ2) is 5.67. The standard InChI is InChI=1S/C14H23N3O/c1-4-11-5-6-14(13(15-11)10-16(2)3)17-8-7-12(18)9-17/h5-6,12,18H,4,7-10H2,1-3H3/t12-/m0/s1. The Morgan fingerprint density at radius 2 is 2.22 bits per heavy atom. The summed E-state index contributed by atoms with van der Waals surface area (Å²) in [6, 6.07) is 4.25. The van der Waals surface area contributed by atoms with Crippen molar-refractivity contribution in [1.82, 2.24) is 9.88 Å². The van der Waals surface area contributed by atoms with E-state index in [0.29, 0.717) is 0 Å². The van der Waals surface area contributed by atoms with E-state index in [1.807, 2.05) is 0 Å². The highest BCUT2D eigenvalue weighted by molar-refractivity contribution is 5.52. The predicted molar refractivity (Wildman–Crippen MR) is 73.8 cm³/mol. The van der Waals surface area contributed by atoms with Crippen molar-refractivity contribution in [3.63, 3.8) is 0 Å². The molecule has 0 aliphatic carbocycles. The Hall–Kier alpha value is -1.13. The third-order valence-electron chi connectivity index (χ3n) is 3.34. The van der Waals surface area contributed by atoms with E-state index in [0.717, 1.165) is 43.9 Å². The first-order valence-corrected chi connectivity index (χ1v) is 6.66. The van der Waals surface area contributed by atoms with Crippen LogP contribution < -0.4 is 4.90 Å². The number of rotatable bonds is 4. The van der Waals surface area contributed by atoms with Gasteiger partial charge in [0.05, 0.1) is 17.5 Å². The van der Waals surface area contributed by atoms with Crippen LogP contribution in [0.5, 0.6) is 0 Å². The predicted octanol–water partition coefficient (Wildman–Crippen LogP) is 1.28. The van der Waals surface area contributed by atoms with E-state index >= 15 is 0 Å². The average molecular weight is 249 g/mol. The van der Waals surface area contributed by atoms with Crippen LogP contribution >= 0.6 is 0 Å². The van der Waals surface area contributed by atoms with Crippen molar-refractivity contribution >= 4 is 5.69 Å². The third kappa shape index (κ3) is 3.00. The molecule has 0 aromatic carbocycles. The number of nitrogens with zero attached hydrogens (tertiary/aromatic N) is 3. The first kappa shape index (κ1) is 13.3. The van der Waals surface area contributed by atoms with Gasteiger partial charge in [-0.1, -0.05) is 6.92 Å². The summed E-state index contributed by atoms with van der Waals surface area (Å²) in [5.74, 6) is 0. The molecular formula is C14H23N3O. The maximum atomic E-state index is 9.66. The van der Waals surface area contributed by atoms with Gasteiger partial charge in [0, 0.05) is 25.3 Å². The summed E-state index contributed by atoms with van der Waals surface area (Å²) >= 11 is 0. The molecule has 0 amide bonds. The zero-order valence-electron chi connectivity index (χ0n) is 11.6. The average Bonchev–Trinajstić information content (AvgIpc) is 2.74. The minimum atomic E-state index is -0.192. The topological polar surface area (TPSA) is 39.6 Å². The number of aryl methyl sites for hydroxylation is 1. The monoisotopic (exact) mass is 249 g/mol. The van der Waals surface area contributed by atoms with Crippen LogP contribution in [0.25, 0.3) is 0 Å². The summed E-state index contributed by atoms with van der Waals surface area (Å²) < 4.78 is 0. The van der Waals surface area contributed by atoms with Crippen molar-refractivity contribution in [1.29, 1.82) is 0 Å². The number of pyridine rings is 1. The Morgan fingerprint density at radius 3 is 2.78 bits per heavy atom. The van der Waals surface area contributed by atoms with E-state index in [1.54, 1.807) is 0 Å². The summed E-state index contributed by atoms with van der Waals surface area (Å²) in [6.45, 7) is 4.62. The molecule has 1 saturated heterocycles. The molecule has 0 spiro atoms. The SMILES string of the molecule is CCc1ccc(N2CC[C@H](O)C2)c(CN(C)C)n1. The molecule has 18 heavy (non-hydrogen) atoms. The van der Waals surface area contributed by atoms with Gasteiger partial charge in [0.2, 0.25) is 0 Å². The summed E-state index contributed by atoms with van der Waals surface area (Å²) in [5.41, 5.74) is 3.43. The van der Waals surface area contributed by atoms with Gasteiger partial charge < -0.3 is 14.9 Å². The van der Waals surface area contributed by atoms with Gasteiger partial charge in [-0.3, -0.25) is 4.98 Å². The van der Waals surface area contributed by atoms with Crippen LogP contribution in [0.2, 0.25) is 0 Å². The highest BCUT2D eigenvalue weighted by Gasteiger charge is 2.23. The summed E-state index contributed by atoms with van der Waals surface area (Å²) in [7, 11) is 4.12. The molecule has 4 nitrogen and oxygen atoms in total. The van der Waals surface area contributed by atoms with Crippen molar-refractivity contribution in [3.05, 3.63) is 23.5 Å². The highest BCUT2D eigenvalue weighted by atomic mass is 16.3. The lowest BCUT2D eigenvalue weighted by molar-refractivity contribution is 0.198. The van der Waals surface area contributed by atoms with Crippen LogP contribution in [0.1, 0.15) is 24.7 Å². The number of aliphatic hydroxyl groups is 1. The molecule has 0 saturated carbocycles. The van der Waals surface area contributed by atoms with Gasteiger partial charge in [-0.15, -0.1) is 0 Å². The first-order valence-electron chi connectivity index (χ1n) is 6.66. The van der Waals surface area contributed by atoms with Crippen molar-refractivity contribution in [2.75, 3.05) is 32.1 Å². The molecule has 2 heterocycles. The van der Waals surface area contributed by atoms with Crippen LogP contribution in [0.3, 0.4) is 0 Å². The van der Waals surface area contributed by atoms with E-state index in [9.17, 15) is 5.11 Å². The molecule has 1 aliphatic heterocycles. The van der Waals surface area contributed by atoms with E-state index in [4.69, 9.17) is 4.98 Å². The molecule has 0 unspecified atom stereocenters. The lowest BCUT2D eigenvalue weighted by Crippen LogP contribution is -2.24. The highest BCUT2D eigenvalue weighted by Crippen LogP contribution is 2.24. The maximum Gasteiger partial charge on any atom is 0.0779 e. The maximum absolute atomic E-state index is 9.66. The molecule has 1 aromatic heterocycles. The van der Waals surface area contributed by atoms with Crippen molar-refractivity contribution in [2.24, 2.45) is 0 Å². The van der Waals surface area contributed by atoms with Gasteiger partial charge in [-0.2, -0.15) is 0 Å². The molecule has 1 aliphatic rings. The Kier molecular flexibility index (Phi) is 4.19. The Balaban J connectivity index is 2.27. The fourth-order valence-electron chi connectivity index (χ4n) is 2.40. The van der Waals surface area contributed by atoms with Crippen LogP contribution in [0.4, 0.5) is 5.69 Å². The van der Waals surface area contributed by atoms with E-state index < -0.39 is 0 Å². The van der Waals surface area contributed by atoms with Gasteiger partial charge in [0.25, 0.3) is 0 Å². The second-order valence-corrected chi connectivity index (χ2v) is 5.25. The van der Waals surface area contributed by atoms with Gasteiger partial charge in [0.1, 0.15) is 0 Å². The summed E-state index contributed by atoms with van der Waals surface area (Å²) in [4.78, 5) is 9.12. The van der Waals surface area contributed by atoms with Gasteiger partial charge in [-0.25, -0.2) is 0 Å². The smallest absolute Gasteiger partial charge is 0.0779 e. The third-order valence-corrected chi connectivity index (χ3v) is 3.34. The minimum absolute atomic E-state index is 0.192. The number of hydrogen-bond acceptors (Lipinski definition) is 4. The Labute approximate surface area is 109 Å². The zero-order chi connectivity index (χ0) is 13.1. The zero-order valence-corrected chi connectivity index (χ0v) is 11.6. The van der Waals surface area contributed by atoms with Crippen molar-refractivity contribution in [2.45, 2.75) is 32.4 Å². The van der Waals surface area contributed by atoms with E-state index in [1.165, 1.54) is 5.69 Å². The molecule has 2 rings (SSSR count). The number of β-amino-alcohol motifs (C(OH)–C–C–N with tert-alkyl or cyclic N) is 1. The largest absolute Gasteiger partial charge is 0.391 e. The fraction of sp³-hybridized carbons (Fsp3) is 0.643. The van der Waals surface area contributed by atoms with Gasteiger partial charge in [0.15, 0.2) is 0 Å². The number of aliphatic hydroxyl groups excluding tert-OH is 1. The Bertz CT molecular complexity index is 406. The molecular weight excluding hydrogens is 226 g/mol. The van der Waals surface area contributed by atoms with Crippen LogP contribution in [-0.2, 0) is 13.0 Å².